The summed E-state index contributed by atoms with van der Waals surface area (Å²) in [5.74, 6) is 0.663. The largest absolute Gasteiger partial charge is 0.340 e. The molecule has 0 spiro atoms. The number of carbonyl (C=O) groups is 1. The summed E-state index contributed by atoms with van der Waals surface area (Å²) in [6.07, 6.45) is 3.40. The normalized spacial score (nSPS) is 10.8. The Hall–Kier alpha value is -2.66. The second-order valence-electron chi connectivity index (χ2n) is 5.44. The Labute approximate surface area is 145 Å². The number of halogens is 1. The maximum absolute atomic E-state index is 12.5. The minimum Gasteiger partial charge on any atom is -0.340 e. The molecule has 3 aromatic rings. The smallest absolute Gasteiger partial charge is 0.242 e. The molecule has 0 saturated heterocycles. The van der Waals surface area contributed by atoms with Crippen molar-refractivity contribution in [2.75, 3.05) is 13.6 Å². The Bertz CT molecular complexity index is 886. The number of carbonyl (C=O) groups excluding carboxylic acids is 1. The van der Waals surface area contributed by atoms with E-state index in [0.717, 1.165) is 11.1 Å². The fourth-order valence-corrected chi connectivity index (χ4v) is 2.61. The average molecular weight is 341 g/mol. The third-order valence-corrected chi connectivity index (χ3v) is 3.98. The number of likely N-dealkylation sites (N-methyl/N-ethyl adjacent to an activating group) is 1. The van der Waals surface area contributed by atoms with Crippen molar-refractivity contribution in [3.8, 4) is 11.4 Å². The van der Waals surface area contributed by atoms with E-state index in [1.165, 1.54) is 0 Å². The van der Waals surface area contributed by atoms with Gasteiger partial charge in [0.15, 0.2) is 5.65 Å². The maximum Gasteiger partial charge on any atom is 0.242 e. The van der Waals surface area contributed by atoms with Crippen LogP contribution in [-0.2, 0) is 11.3 Å². The third-order valence-electron chi connectivity index (χ3n) is 3.73. The van der Waals surface area contributed by atoms with Crippen LogP contribution in [0.25, 0.3) is 22.6 Å². The van der Waals surface area contributed by atoms with Crippen molar-refractivity contribution in [2.24, 2.45) is 0 Å². The van der Waals surface area contributed by atoms with Crippen molar-refractivity contribution in [2.45, 2.75) is 6.54 Å². The van der Waals surface area contributed by atoms with E-state index in [-0.39, 0.29) is 12.5 Å². The number of nitrogens with zero attached hydrogens (tertiary/aromatic N) is 4. The summed E-state index contributed by atoms with van der Waals surface area (Å²) in [7, 11) is 1.75. The van der Waals surface area contributed by atoms with Gasteiger partial charge < -0.3 is 4.90 Å². The van der Waals surface area contributed by atoms with Crippen LogP contribution >= 0.6 is 11.6 Å². The van der Waals surface area contributed by atoms with Crippen LogP contribution in [0.1, 0.15) is 0 Å². The van der Waals surface area contributed by atoms with Gasteiger partial charge in [0.1, 0.15) is 17.9 Å². The van der Waals surface area contributed by atoms with Crippen LogP contribution in [0.15, 0.2) is 55.3 Å². The first-order valence-electron chi connectivity index (χ1n) is 7.52. The van der Waals surface area contributed by atoms with Crippen LogP contribution in [0, 0.1) is 0 Å². The molecule has 5 nitrogen and oxygen atoms in total. The maximum atomic E-state index is 12.5. The molecule has 0 atom stereocenters. The van der Waals surface area contributed by atoms with Crippen molar-refractivity contribution in [3.63, 3.8) is 0 Å². The molecule has 0 aliphatic heterocycles. The molecular weight excluding hydrogens is 324 g/mol. The molecule has 122 valence electrons. The van der Waals surface area contributed by atoms with Gasteiger partial charge in [0.05, 0.1) is 0 Å². The summed E-state index contributed by atoms with van der Waals surface area (Å²) in [5, 5.41) is 0.654. The van der Waals surface area contributed by atoms with E-state index in [2.05, 4.69) is 16.5 Å². The van der Waals surface area contributed by atoms with Crippen molar-refractivity contribution >= 4 is 28.7 Å². The fourth-order valence-electron chi connectivity index (χ4n) is 2.48. The molecule has 6 heteroatoms. The summed E-state index contributed by atoms with van der Waals surface area (Å²) in [6.45, 7) is 4.32. The summed E-state index contributed by atoms with van der Waals surface area (Å²) < 4.78 is 1.83. The Morgan fingerprint density at radius 3 is 2.79 bits per heavy atom. The van der Waals surface area contributed by atoms with E-state index in [0.29, 0.717) is 23.0 Å². The first kappa shape index (κ1) is 16.2. The first-order valence-corrected chi connectivity index (χ1v) is 7.90. The molecule has 0 N–H and O–H groups in total. The number of aromatic nitrogens is 3. The molecule has 24 heavy (non-hydrogen) atoms. The van der Waals surface area contributed by atoms with Gasteiger partial charge in [0, 0.05) is 30.4 Å². The van der Waals surface area contributed by atoms with Gasteiger partial charge >= 0.3 is 0 Å². The number of rotatable bonds is 5. The molecular formula is C18H17ClN4O. The predicted molar refractivity (Wildman–Crippen MR) is 95.8 cm³/mol. The van der Waals surface area contributed by atoms with Gasteiger partial charge in [-0.2, -0.15) is 0 Å². The average Bonchev–Trinajstić information content (AvgIpc) is 2.94. The monoisotopic (exact) mass is 340 g/mol. The Kier molecular flexibility index (Phi) is 4.62. The number of fused-ring (bicyclic) bond motifs is 1. The summed E-state index contributed by atoms with van der Waals surface area (Å²) in [5.41, 5.74) is 2.32. The lowest BCUT2D eigenvalue weighted by molar-refractivity contribution is -0.129. The lowest BCUT2D eigenvalue weighted by Gasteiger charge is -2.16. The van der Waals surface area contributed by atoms with E-state index in [1.807, 2.05) is 28.8 Å². The molecule has 0 fully saturated rings. The van der Waals surface area contributed by atoms with Gasteiger partial charge in [0.25, 0.3) is 0 Å². The highest BCUT2D eigenvalue weighted by molar-refractivity contribution is 6.30. The molecule has 0 unspecified atom stereocenters. The number of pyridine rings is 1. The lowest BCUT2D eigenvalue weighted by atomic mass is 10.2. The topological polar surface area (TPSA) is 51.0 Å². The molecule has 0 bridgehead atoms. The Morgan fingerprint density at radius 1 is 1.33 bits per heavy atom. The van der Waals surface area contributed by atoms with E-state index >= 15 is 0 Å². The van der Waals surface area contributed by atoms with Crippen molar-refractivity contribution in [1.29, 1.82) is 0 Å². The van der Waals surface area contributed by atoms with Crippen LogP contribution < -0.4 is 0 Å². The van der Waals surface area contributed by atoms with Gasteiger partial charge in [-0.1, -0.05) is 17.7 Å². The number of amides is 1. The molecule has 0 aliphatic rings. The summed E-state index contributed by atoms with van der Waals surface area (Å²) in [4.78, 5) is 23.1. The molecule has 3 rings (SSSR count). The van der Waals surface area contributed by atoms with Gasteiger partial charge in [-0.3, -0.25) is 9.36 Å². The Morgan fingerprint density at radius 2 is 2.08 bits per heavy atom. The highest BCUT2D eigenvalue weighted by Gasteiger charge is 2.17. The van der Waals surface area contributed by atoms with Gasteiger partial charge in [-0.05, 0) is 36.4 Å². The molecule has 0 aliphatic carbocycles. The Balaban J connectivity index is 2.07. The van der Waals surface area contributed by atoms with Crippen LogP contribution in [-0.4, -0.2) is 38.9 Å². The zero-order valence-corrected chi connectivity index (χ0v) is 14.1. The van der Waals surface area contributed by atoms with Gasteiger partial charge in [-0.25, -0.2) is 9.97 Å². The highest BCUT2D eigenvalue weighted by Crippen LogP contribution is 2.25. The van der Waals surface area contributed by atoms with Crippen molar-refractivity contribution in [1.82, 2.24) is 19.4 Å². The first-order chi connectivity index (χ1) is 11.6. The number of imidazole rings is 1. The molecule has 0 saturated carbocycles. The zero-order chi connectivity index (χ0) is 17.1. The van der Waals surface area contributed by atoms with Gasteiger partial charge in [0.2, 0.25) is 5.91 Å². The van der Waals surface area contributed by atoms with E-state index in [4.69, 9.17) is 11.6 Å². The molecule has 0 radical (unpaired) electrons. The highest BCUT2D eigenvalue weighted by atomic mass is 35.5. The standard InChI is InChI=1S/C18H17ClN4O/c1-3-11-22(2)16(24)12-23-17(13-6-8-14(19)9-7-13)21-15-5-4-10-20-18(15)23/h3-10H,1,11-12H2,2H3. The molecule has 2 aromatic heterocycles. The zero-order valence-electron chi connectivity index (χ0n) is 13.3. The van der Waals surface area contributed by atoms with Crippen LogP contribution in [0.5, 0.6) is 0 Å². The molecule has 2 heterocycles. The lowest BCUT2D eigenvalue weighted by Crippen LogP contribution is -2.30. The van der Waals surface area contributed by atoms with Crippen LogP contribution in [0.4, 0.5) is 0 Å². The minimum absolute atomic E-state index is 0.0323. The number of benzene rings is 1. The van der Waals surface area contributed by atoms with Crippen LogP contribution in [0.2, 0.25) is 5.02 Å². The summed E-state index contributed by atoms with van der Waals surface area (Å²) in [6, 6.07) is 11.1. The van der Waals surface area contributed by atoms with Crippen molar-refractivity contribution < 1.29 is 4.79 Å². The molecule has 1 aromatic carbocycles. The number of hydrogen-bond donors (Lipinski definition) is 0. The second-order valence-corrected chi connectivity index (χ2v) is 5.87. The SMILES string of the molecule is C=CCN(C)C(=O)Cn1c(-c2ccc(Cl)cc2)nc2cccnc21. The predicted octanol–water partition coefficient (Wildman–Crippen LogP) is 3.40. The van der Waals surface area contributed by atoms with Gasteiger partial charge in [-0.15, -0.1) is 6.58 Å². The minimum atomic E-state index is -0.0323. The van der Waals surface area contributed by atoms with E-state index in [1.54, 1.807) is 36.4 Å². The second kappa shape index (κ2) is 6.84. The molecule has 1 amide bonds. The van der Waals surface area contributed by atoms with Crippen molar-refractivity contribution in [3.05, 3.63) is 60.3 Å². The van der Waals surface area contributed by atoms with Crippen LogP contribution in [0.3, 0.4) is 0 Å². The van der Waals surface area contributed by atoms with E-state index in [9.17, 15) is 4.79 Å². The number of hydrogen-bond acceptors (Lipinski definition) is 3. The van der Waals surface area contributed by atoms with E-state index < -0.39 is 0 Å². The summed E-state index contributed by atoms with van der Waals surface area (Å²) >= 11 is 5.97. The third kappa shape index (κ3) is 3.16. The quantitative estimate of drug-likeness (QED) is 0.669. The fraction of sp³-hybridized carbons (Fsp3) is 0.167.